The minimum atomic E-state index is -1.06. The second-order valence-corrected chi connectivity index (χ2v) is 3.75. The van der Waals surface area contributed by atoms with Crippen LogP contribution in [0.4, 0.5) is 5.82 Å². The van der Waals surface area contributed by atoms with E-state index in [0.29, 0.717) is 5.82 Å². The molecule has 86 valence electrons. The summed E-state index contributed by atoms with van der Waals surface area (Å²) in [5.74, 6) is -0.573. The maximum absolute atomic E-state index is 10.7. The molecule has 0 spiro atoms. The van der Waals surface area contributed by atoms with Crippen LogP contribution in [0.5, 0.6) is 0 Å². The molecule has 0 aliphatic carbocycles. The average Bonchev–Trinajstić information content (AvgIpc) is 2.30. The Bertz CT molecular complexity index is 377. The SMILES string of the molecule is O=C(O)c1cncc(NN2CCCCC2)n1. The molecule has 0 radical (unpaired) electrons. The van der Waals surface area contributed by atoms with Gasteiger partial charge >= 0.3 is 5.97 Å². The Kier molecular flexibility index (Phi) is 3.31. The van der Waals surface area contributed by atoms with Crippen molar-refractivity contribution < 1.29 is 9.90 Å². The number of piperidine rings is 1. The van der Waals surface area contributed by atoms with Crippen LogP contribution in [0.2, 0.25) is 0 Å². The lowest BCUT2D eigenvalue weighted by Gasteiger charge is -2.27. The molecule has 1 aliphatic rings. The Morgan fingerprint density at radius 1 is 1.31 bits per heavy atom. The molecule has 0 atom stereocenters. The Labute approximate surface area is 93.3 Å². The zero-order chi connectivity index (χ0) is 11.4. The number of aromatic carboxylic acids is 1. The van der Waals surface area contributed by atoms with Crippen LogP contribution in [-0.4, -0.2) is 39.1 Å². The molecule has 0 saturated carbocycles. The van der Waals surface area contributed by atoms with Crippen LogP contribution in [0.15, 0.2) is 12.4 Å². The normalized spacial score (nSPS) is 17.0. The van der Waals surface area contributed by atoms with Crippen LogP contribution in [0.3, 0.4) is 0 Å². The number of carboxylic acids is 1. The van der Waals surface area contributed by atoms with Gasteiger partial charge in [-0.05, 0) is 12.8 Å². The first-order valence-corrected chi connectivity index (χ1v) is 5.32. The summed E-state index contributed by atoms with van der Waals surface area (Å²) in [5.41, 5.74) is 3.03. The van der Waals surface area contributed by atoms with E-state index in [4.69, 9.17) is 5.11 Å². The number of hydrogen-bond acceptors (Lipinski definition) is 5. The number of carbonyl (C=O) groups is 1. The van der Waals surface area contributed by atoms with Crippen molar-refractivity contribution in [2.75, 3.05) is 18.5 Å². The summed E-state index contributed by atoms with van der Waals surface area (Å²) in [4.78, 5) is 18.5. The molecular weight excluding hydrogens is 208 g/mol. The van der Waals surface area contributed by atoms with E-state index in [-0.39, 0.29) is 5.69 Å². The highest BCUT2D eigenvalue weighted by Crippen LogP contribution is 2.10. The highest BCUT2D eigenvalue weighted by Gasteiger charge is 2.11. The van der Waals surface area contributed by atoms with Crippen LogP contribution in [0.25, 0.3) is 0 Å². The number of aromatic nitrogens is 2. The smallest absolute Gasteiger partial charge is 0.356 e. The first-order valence-electron chi connectivity index (χ1n) is 5.32. The third-order valence-corrected chi connectivity index (χ3v) is 2.48. The van der Waals surface area contributed by atoms with Gasteiger partial charge < -0.3 is 10.5 Å². The molecule has 1 aliphatic heterocycles. The van der Waals surface area contributed by atoms with Crippen LogP contribution in [0.1, 0.15) is 29.8 Å². The van der Waals surface area contributed by atoms with Crippen LogP contribution >= 0.6 is 0 Å². The van der Waals surface area contributed by atoms with Crippen LogP contribution in [-0.2, 0) is 0 Å². The Balaban J connectivity index is 2.02. The molecule has 1 aromatic rings. The largest absolute Gasteiger partial charge is 0.476 e. The number of anilines is 1. The summed E-state index contributed by atoms with van der Waals surface area (Å²) in [6.45, 7) is 1.91. The van der Waals surface area contributed by atoms with E-state index in [1.54, 1.807) is 0 Å². The molecule has 1 saturated heterocycles. The number of nitrogens with one attached hydrogen (secondary N) is 1. The Morgan fingerprint density at radius 2 is 2.06 bits per heavy atom. The van der Waals surface area contributed by atoms with Crippen molar-refractivity contribution in [3.05, 3.63) is 18.1 Å². The van der Waals surface area contributed by atoms with Crippen molar-refractivity contribution in [3.8, 4) is 0 Å². The summed E-state index contributed by atoms with van der Waals surface area (Å²) >= 11 is 0. The Hall–Kier alpha value is -1.69. The van der Waals surface area contributed by atoms with Gasteiger partial charge in [0.25, 0.3) is 0 Å². The zero-order valence-corrected chi connectivity index (χ0v) is 8.89. The highest BCUT2D eigenvalue weighted by atomic mass is 16.4. The molecule has 2 N–H and O–H groups in total. The number of hydrazine groups is 1. The van der Waals surface area contributed by atoms with Gasteiger partial charge in [0.15, 0.2) is 11.5 Å². The van der Waals surface area contributed by atoms with E-state index in [1.807, 2.05) is 5.01 Å². The molecule has 0 bridgehead atoms. The van der Waals surface area contributed by atoms with Crippen molar-refractivity contribution in [3.63, 3.8) is 0 Å². The molecule has 0 amide bonds. The van der Waals surface area contributed by atoms with E-state index in [9.17, 15) is 4.79 Å². The van der Waals surface area contributed by atoms with Crippen molar-refractivity contribution in [1.29, 1.82) is 0 Å². The molecule has 2 heterocycles. The monoisotopic (exact) mass is 222 g/mol. The minimum Gasteiger partial charge on any atom is -0.476 e. The fourth-order valence-electron chi connectivity index (χ4n) is 1.69. The van der Waals surface area contributed by atoms with Gasteiger partial charge in [-0.25, -0.2) is 14.8 Å². The molecule has 6 heteroatoms. The van der Waals surface area contributed by atoms with E-state index in [2.05, 4.69) is 15.4 Å². The lowest BCUT2D eigenvalue weighted by atomic mass is 10.2. The fraction of sp³-hybridized carbons (Fsp3) is 0.500. The molecule has 0 unspecified atom stereocenters. The summed E-state index contributed by atoms with van der Waals surface area (Å²) in [5, 5.41) is 10.8. The summed E-state index contributed by atoms with van der Waals surface area (Å²) in [7, 11) is 0. The molecule has 6 nitrogen and oxygen atoms in total. The quantitative estimate of drug-likeness (QED) is 0.794. The lowest BCUT2D eigenvalue weighted by molar-refractivity contribution is 0.0690. The summed E-state index contributed by atoms with van der Waals surface area (Å²) in [6, 6.07) is 0. The predicted octanol–water partition coefficient (Wildman–Crippen LogP) is 0.988. The van der Waals surface area contributed by atoms with Gasteiger partial charge in [0.2, 0.25) is 0 Å². The minimum absolute atomic E-state index is 0.0398. The zero-order valence-electron chi connectivity index (χ0n) is 8.89. The molecule has 1 aromatic heterocycles. The maximum atomic E-state index is 10.7. The van der Waals surface area contributed by atoms with Gasteiger partial charge in [-0.3, -0.25) is 4.98 Å². The average molecular weight is 222 g/mol. The molecular formula is C10H14N4O2. The van der Waals surface area contributed by atoms with Gasteiger partial charge in [0.05, 0.1) is 12.4 Å². The number of rotatable bonds is 3. The van der Waals surface area contributed by atoms with Crippen molar-refractivity contribution >= 4 is 11.8 Å². The Morgan fingerprint density at radius 3 is 2.75 bits per heavy atom. The number of nitrogens with zero attached hydrogens (tertiary/aromatic N) is 3. The molecule has 16 heavy (non-hydrogen) atoms. The van der Waals surface area contributed by atoms with E-state index >= 15 is 0 Å². The van der Waals surface area contributed by atoms with Gasteiger partial charge in [0.1, 0.15) is 0 Å². The van der Waals surface area contributed by atoms with Crippen molar-refractivity contribution in [2.45, 2.75) is 19.3 Å². The first kappa shape index (κ1) is 10.8. The standard InChI is InChI=1S/C10H14N4O2/c15-10(16)8-6-11-7-9(12-8)13-14-4-2-1-3-5-14/h6-7H,1-5H2,(H,12,13)(H,15,16). The lowest BCUT2D eigenvalue weighted by Crippen LogP contribution is -2.35. The summed E-state index contributed by atoms with van der Waals surface area (Å²) in [6.07, 6.45) is 6.32. The van der Waals surface area contributed by atoms with Crippen molar-refractivity contribution in [1.82, 2.24) is 15.0 Å². The number of hydrogen-bond donors (Lipinski definition) is 2. The topological polar surface area (TPSA) is 78.3 Å². The first-order chi connectivity index (χ1) is 7.75. The molecule has 1 fully saturated rings. The van der Waals surface area contributed by atoms with E-state index < -0.39 is 5.97 Å². The van der Waals surface area contributed by atoms with E-state index in [1.165, 1.54) is 18.8 Å². The second-order valence-electron chi connectivity index (χ2n) is 3.75. The summed E-state index contributed by atoms with van der Waals surface area (Å²) < 4.78 is 0. The van der Waals surface area contributed by atoms with Crippen molar-refractivity contribution in [2.24, 2.45) is 0 Å². The maximum Gasteiger partial charge on any atom is 0.356 e. The highest BCUT2D eigenvalue weighted by molar-refractivity contribution is 5.85. The fourth-order valence-corrected chi connectivity index (χ4v) is 1.69. The van der Waals surface area contributed by atoms with Crippen LogP contribution < -0.4 is 5.43 Å². The third kappa shape index (κ3) is 2.66. The third-order valence-electron chi connectivity index (χ3n) is 2.48. The number of carboxylic acid groups (broad SMARTS) is 1. The van der Waals surface area contributed by atoms with Gasteiger partial charge in [-0.15, -0.1) is 0 Å². The van der Waals surface area contributed by atoms with E-state index in [0.717, 1.165) is 25.9 Å². The van der Waals surface area contributed by atoms with Gasteiger partial charge in [-0.2, -0.15) is 0 Å². The molecule has 2 rings (SSSR count). The van der Waals surface area contributed by atoms with Gasteiger partial charge in [0, 0.05) is 13.1 Å². The van der Waals surface area contributed by atoms with Gasteiger partial charge in [-0.1, -0.05) is 6.42 Å². The predicted molar refractivity (Wildman–Crippen MR) is 58.0 cm³/mol. The molecule has 0 aromatic carbocycles. The second kappa shape index (κ2) is 4.89. The van der Waals surface area contributed by atoms with Crippen LogP contribution in [0, 0.1) is 0 Å².